The first-order chi connectivity index (χ1) is 5.86. The molecule has 0 saturated carbocycles. The fourth-order valence-corrected chi connectivity index (χ4v) is 2.45. The van der Waals surface area contributed by atoms with Crippen LogP contribution < -0.4 is 0 Å². The molecule has 12 heavy (non-hydrogen) atoms. The van der Waals surface area contributed by atoms with Crippen LogP contribution in [0.1, 0.15) is 28.0 Å². The summed E-state index contributed by atoms with van der Waals surface area (Å²) >= 11 is 3.35. The van der Waals surface area contributed by atoms with Gasteiger partial charge in [-0.1, -0.05) is 6.92 Å². The van der Waals surface area contributed by atoms with Crippen LogP contribution in [-0.2, 0) is 5.75 Å². The van der Waals surface area contributed by atoms with Gasteiger partial charge in [0.1, 0.15) is 5.01 Å². The molecule has 0 radical (unpaired) electrons. The van der Waals surface area contributed by atoms with Crippen LogP contribution in [0.5, 0.6) is 0 Å². The fourth-order valence-electron chi connectivity index (χ4n) is 0.749. The van der Waals surface area contributed by atoms with Crippen LogP contribution in [-0.4, -0.2) is 17.0 Å². The van der Waals surface area contributed by atoms with E-state index >= 15 is 0 Å². The van der Waals surface area contributed by atoms with Gasteiger partial charge in [0.15, 0.2) is 6.29 Å². The highest BCUT2D eigenvalue weighted by Crippen LogP contribution is 2.17. The first-order valence-electron chi connectivity index (χ1n) is 3.84. The van der Waals surface area contributed by atoms with Crippen molar-refractivity contribution in [2.45, 2.75) is 19.1 Å². The number of hydrogen-bond acceptors (Lipinski definition) is 4. The van der Waals surface area contributed by atoms with E-state index in [4.69, 9.17) is 0 Å². The molecule has 0 saturated heterocycles. The minimum absolute atomic E-state index is 0.724. The van der Waals surface area contributed by atoms with Crippen molar-refractivity contribution in [3.05, 3.63) is 16.1 Å². The molecule has 0 unspecified atom stereocenters. The summed E-state index contributed by atoms with van der Waals surface area (Å²) in [6.07, 6.45) is 3.68. The topological polar surface area (TPSA) is 30.0 Å². The Hall–Kier alpha value is -0.350. The van der Waals surface area contributed by atoms with Gasteiger partial charge in [0.25, 0.3) is 0 Å². The quantitative estimate of drug-likeness (QED) is 0.542. The van der Waals surface area contributed by atoms with E-state index in [-0.39, 0.29) is 0 Å². The molecular formula is C8H11NOS2. The number of aldehydes is 1. The summed E-state index contributed by atoms with van der Waals surface area (Å²) in [5, 5.41) is 1.05. The maximum atomic E-state index is 10.3. The fraction of sp³-hybridized carbons (Fsp3) is 0.500. The molecule has 0 aromatic carbocycles. The van der Waals surface area contributed by atoms with Crippen molar-refractivity contribution in [2.24, 2.45) is 0 Å². The average Bonchev–Trinajstić information content (AvgIpc) is 2.53. The molecule has 1 rings (SSSR count). The van der Waals surface area contributed by atoms with Gasteiger partial charge in [-0.25, -0.2) is 4.98 Å². The molecule has 1 aromatic heterocycles. The minimum Gasteiger partial charge on any atom is -0.297 e. The smallest absolute Gasteiger partial charge is 0.161 e. The first kappa shape index (κ1) is 9.74. The maximum absolute atomic E-state index is 10.3. The van der Waals surface area contributed by atoms with Gasteiger partial charge < -0.3 is 0 Å². The highest BCUT2D eigenvalue weighted by molar-refractivity contribution is 7.98. The van der Waals surface area contributed by atoms with Gasteiger partial charge in [-0.05, 0) is 12.2 Å². The molecule has 66 valence electrons. The Bertz CT molecular complexity index is 247. The van der Waals surface area contributed by atoms with E-state index < -0.39 is 0 Å². The third-order valence-corrected chi connectivity index (χ3v) is 3.54. The third-order valence-electron chi connectivity index (χ3n) is 1.26. The molecule has 1 aromatic rings. The SMILES string of the molecule is CCCSCc1ncc(C=O)s1. The molecule has 4 heteroatoms. The van der Waals surface area contributed by atoms with Crippen molar-refractivity contribution in [1.29, 1.82) is 0 Å². The third kappa shape index (κ3) is 2.95. The van der Waals surface area contributed by atoms with Crippen molar-refractivity contribution in [3.8, 4) is 0 Å². The van der Waals surface area contributed by atoms with E-state index in [9.17, 15) is 4.79 Å². The van der Waals surface area contributed by atoms with Crippen molar-refractivity contribution >= 4 is 29.4 Å². The van der Waals surface area contributed by atoms with Gasteiger partial charge in [0.2, 0.25) is 0 Å². The molecule has 2 nitrogen and oxygen atoms in total. The highest BCUT2D eigenvalue weighted by Gasteiger charge is 1.99. The van der Waals surface area contributed by atoms with Gasteiger partial charge >= 0.3 is 0 Å². The predicted molar refractivity (Wildman–Crippen MR) is 54.0 cm³/mol. The summed E-state index contributed by atoms with van der Waals surface area (Å²) < 4.78 is 0. The van der Waals surface area contributed by atoms with Crippen LogP contribution in [0, 0.1) is 0 Å². The summed E-state index contributed by atoms with van der Waals surface area (Å²) in [6, 6.07) is 0. The van der Waals surface area contributed by atoms with E-state index in [1.54, 1.807) is 6.20 Å². The van der Waals surface area contributed by atoms with Gasteiger partial charge in [-0.2, -0.15) is 11.8 Å². The summed E-state index contributed by atoms with van der Waals surface area (Å²) in [7, 11) is 0. The van der Waals surface area contributed by atoms with E-state index in [2.05, 4.69) is 11.9 Å². The molecule has 0 aliphatic rings. The van der Waals surface area contributed by atoms with Crippen LogP contribution in [0.4, 0.5) is 0 Å². The van der Waals surface area contributed by atoms with Crippen molar-refractivity contribution in [1.82, 2.24) is 4.98 Å². The van der Waals surface area contributed by atoms with Gasteiger partial charge in [-0.15, -0.1) is 11.3 Å². The lowest BCUT2D eigenvalue weighted by atomic mass is 10.6. The van der Waals surface area contributed by atoms with Crippen molar-refractivity contribution in [2.75, 3.05) is 5.75 Å². The minimum atomic E-state index is 0.724. The van der Waals surface area contributed by atoms with E-state index in [1.807, 2.05) is 11.8 Å². The van der Waals surface area contributed by atoms with Crippen LogP contribution in [0.15, 0.2) is 6.20 Å². The summed E-state index contributed by atoms with van der Waals surface area (Å²) in [5.41, 5.74) is 0. The lowest BCUT2D eigenvalue weighted by Gasteiger charge is -1.93. The zero-order valence-electron chi connectivity index (χ0n) is 6.95. The number of carbonyl (C=O) groups excluding carboxylic acids is 1. The van der Waals surface area contributed by atoms with Gasteiger partial charge in [0, 0.05) is 11.9 Å². The molecule has 0 amide bonds. The lowest BCUT2D eigenvalue weighted by Crippen LogP contribution is -1.78. The van der Waals surface area contributed by atoms with E-state index in [1.165, 1.54) is 17.8 Å². The van der Waals surface area contributed by atoms with Gasteiger partial charge in [0.05, 0.1) is 4.88 Å². The lowest BCUT2D eigenvalue weighted by molar-refractivity contribution is 0.112. The number of thiazole rings is 1. The van der Waals surface area contributed by atoms with Crippen molar-refractivity contribution < 1.29 is 4.79 Å². The molecular weight excluding hydrogens is 190 g/mol. The highest BCUT2D eigenvalue weighted by atomic mass is 32.2. The molecule has 0 aliphatic heterocycles. The summed E-state index contributed by atoms with van der Waals surface area (Å²) in [6.45, 7) is 2.16. The van der Waals surface area contributed by atoms with E-state index in [0.29, 0.717) is 0 Å². The normalized spacial score (nSPS) is 10.1. The Morgan fingerprint density at radius 2 is 2.58 bits per heavy atom. The number of hydrogen-bond donors (Lipinski definition) is 0. The number of nitrogens with zero attached hydrogens (tertiary/aromatic N) is 1. The molecule has 0 atom stereocenters. The standard InChI is InChI=1S/C8H11NOS2/c1-2-3-11-6-8-9-4-7(5-10)12-8/h4-5H,2-3,6H2,1H3. The molecule has 0 bridgehead atoms. The Labute approximate surface area is 80.4 Å². The second-order valence-electron chi connectivity index (χ2n) is 2.33. The summed E-state index contributed by atoms with van der Waals surface area (Å²) in [4.78, 5) is 15.2. The Morgan fingerprint density at radius 1 is 1.75 bits per heavy atom. The van der Waals surface area contributed by atoms with Crippen LogP contribution in [0.3, 0.4) is 0 Å². The predicted octanol–water partition coefficient (Wildman–Crippen LogP) is 2.60. The number of rotatable bonds is 5. The zero-order valence-corrected chi connectivity index (χ0v) is 8.58. The second-order valence-corrected chi connectivity index (χ2v) is 4.58. The average molecular weight is 201 g/mol. The molecule has 0 spiro atoms. The number of carbonyl (C=O) groups is 1. The Morgan fingerprint density at radius 3 is 3.17 bits per heavy atom. The van der Waals surface area contributed by atoms with Crippen LogP contribution in [0.2, 0.25) is 0 Å². The monoisotopic (exact) mass is 201 g/mol. The molecule has 0 fully saturated rings. The second kappa shape index (κ2) is 5.32. The van der Waals surface area contributed by atoms with Gasteiger partial charge in [-0.3, -0.25) is 4.79 Å². The maximum Gasteiger partial charge on any atom is 0.161 e. The molecule has 1 heterocycles. The van der Waals surface area contributed by atoms with Crippen molar-refractivity contribution in [3.63, 3.8) is 0 Å². The Balaban J connectivity index is 2.36. The molecule has 0 N–H and O–H groups in total. The Kier molecular flexibility index (Phi) is 4.32. The van der Waals surface area contributed by atoms with Crippen LogP contribution >= 0.6 is 23.1 Å². The van der Waals surface area contributed by atoms with E-state index in [0.717, 1.165) is 27.7 Å². The molecule has 0 aliphatic carbocycles. The number of aromatic nitrogens is 1. The first-order valence-corrected chi connectivity index (χ1v) is 5.81. The van der Waals surface area contributed by atoms with Crippen LogP contribution in [0.25, 0.3) is 0 Å². The number of thioether (sulfide) groups is 1. The zero-order chi connectivity index (χ0) is 8.81. The largest absolute Gasteiger partial charge is 0.297 e. The summed E-state index contributed by atoms with van der Waals surface area (Å²) in [5.74, 6) is 2.10.